The largest absolute Gasteiger partial charge is 0.346 e. The number of nitrogens with one attached hydrogen (secondary N) is 2. The molecule has 7 nitrogen and oxygen atoms in total. The minimum absolute atomic E-state index is 0. The lowest BCUT2D eigenvalue weighted by Gasteiger charge is -2.18. The van der Waals surface area contributed by atoms with E-state index in [0.29, 0.717) is 23.7 Å². The van der Waals surface area contributed by atoms with E-state index in [-0.39, 0.29) is 36.7 Å². The van der Waals surface area contributed by atoms with Gasteiger partial charge in [0.15, 0.2) is 0 Å². The molecule has 1 heterocycles. The number of nitrogens with two attached hydrogens (primary N) is 1. The molecule has 1 aromatic carbocycles. The van der Waals surface area contributed by atoms with Crippen LogP contribution < -0.4 is 21.3 Å². The summed E-state index contributed by atoms with van der Waals surface area (Å²) in [5, 5.41) is 5.68. The highest BCUT2D eigenvalue weighted by Gasteiger charge is 2.33. The van der Waals surface area contributed by atoms with Gasteiger partial charge in [-0.3, -0.25) is 14.4 Å². The van der Waals surface area contributed by atoms with Gasteiger partial charge in [-0.05, 0) is 30.5 Å². The lowest BCUT2D eigenvalue weighted by atomic mass is 10.1. The maximum atomic E-state index is 12.4. The third-order valence-electron chi connectivity index (χ3n) is 4.10. The maximum Gasteiger partial charge on any atom is 0.249 e. The summed E-state index contributed by atoms with van der Waals surface area (Å²) < 4.78 is 0. The number of halogens is 2. The van der Waals surface area contributed by atoms with E-state index in [4.69, 9.17) is 17.3 Å². The van der Waals surface area contributed by atoms with Gasteiger partial charge in [-0.25, -0.2) is 0 Å². The molecular weight excluding hydrogens is 379 g/mol. The van der Waals surface area contributed by atoms with E-state index < -0.39 is 18.0 Å². The fourth-order valence-electron chi connectivity index (χ4n) is 2.55. The third kappa shape index (κ3) is 5.59. The summed E-state index contributed by atoms with van der Waals surface area (Å²) in [5.74, 6) is -1.02. The molecule has 1 saturated heterocycles. The molecule has 2 rings (SSSR count). The van der Waals surface area contributed by atoms with E-state index in [1.807, 2.05) is 13.8 Å². The molecule has 0 aromatic heterocycles. The molecule has 0 aliphatic carbocycles. The number of amides is 3. The Morgan fingerprint density at radius 2 is 2.08 bits per heavy atom. The van der Waals surface area contributed by atoms with Crippen LogP contribution in [0.1, 0.15) is 20.3 Å². The normalized spacial score (nSPS) is 17.7. The Kier molecular flexibility index (Phi) is 8.33. The summed E-state index contributed by atoms with van der Waals surface area (Å²) in [6.45, 7) is 3.94. The molecule has 4 N–H and O–H groups in total. The van der Waals surface area contributed by atoms with Crippen molar-refractivity contribution >= 4 is 47.4 Å². The average molecular weight is 403 g/mol. The number of hydrogen-bond acceptors (Lipinski definition) is 4. The van der Waals surface area contributed by atoms with Crippen LogP contribution in [0.3, 0.4) is 0 Å². The summed E-state index contributed by atoms with van der Waals surface area (Å²) in [5.41, 5.74) is 6.41. The lowest BCUT2D eigenvalue weighted by Crippen LogP contribution is -2.49. The van der Waals surface area contributed by atoms with Crippen molar-refractivity contribution in [1.29, 1.82) is 0 Å². The maximum absolute atomic E-state index is 12.4. The van der Waals surface area contributed by atoms with E-state index in [9.17, 15) is 14.4 Å². The fourth-order valence-corrected chi connectivity index (χ4v) is 2.73. The first-order valence-electron chi connectivity index (χ1n) is 8.19. The molecular formula is C17H24Cl2N4O3. The molecule has 3 amide bonds. The Balaban J connectivity index is 0.00000338. The first-order valence-corrected chi connectivity index (χ1v) is 8.57. The smallest absolute Gasteiger partial charge is 0.249 e. The van der Waals surface area contributed by atoms with E-state index in [1.165, 1.54) is 0 Å². The van der Waals surface area contributed by atoms with E-state index in [0.717, 1.165) is 0 Å². The number of nitrogens with zero attached hydrogens (tertiary/aromatic N) is 1. The zero-order valence-corrected chi connectivity index (χ0v) is 16.3. The number of anilines is 1. The zero-order chi connectivity index (χ0) is 18.6. The van der Waals surface area contributed by atoms with Crippen LogP contribution in [0.15, 0.2) is 24.3 Å². The molecule has 0 saturated carbocycles. The molecule has 1 unspecified atom stereocenters. The van der Waals surface area contributed by atoms with E-state index in [2.05, 4.69) is 10.6 Å². The highest BCUT2D eigenvalue weighted by molar-refractivity contribution is 6.31. The molecule has 0 bridgehead atoms. The molecule has 9 heteroatoms. The monoisotopic (exact) mass is 402 g/mol. The van der Waals surface area contributed by atoms with Crippen LogP contribution in [0.25, 0.3) is 0 Å². The number of benzene rings is 1. The van der Waals surface area contributed by atoms with Crippen LogP contribution in [0.2, 0.25) is 5.02 Å². The van der Waals surface area contributed by atoms with Crippen molar-refractivity contribution in [1.82, 2.24) is 10.6 Å². The minimum Gasteiger partial charge on any atom is -0.346 e. The molecule has 1 aromatic rings. The standard InChI is InChI=1S/C17H23ClN4O3.ClH/c1-10(2)15(19)16(24)20-9-14(23)21-13-6-7-22(17(13)25)12-5-3-4-11(18)8-12;/h3-5,8,10,13,15H,6-7,9,19H2,1-2H3,(H,20,24)(H,21,23);1H/t13?,15-;/m0./s1. The first kappa shape index (κ1) is 22.2. The van der Waals surface area contributed by atoms with Gasteiger partial charge >= 0.3 is 0 Å². The van der Waals surface area contributed by atoms with Crippen LogP contribution in [-0.4, -0.2) is 42.9 Å². The fraction of sp³-hybridized carbons (Fsp3) is 0.471. The van der Waals surface area contributed by atoms with Crippen molar-refractivity contribution in [2.24, 2.45) is 11.7 Å². The minimum atomic E-state index is -0.667. The van der Waals surface area contributed by atoms with Gasteiger partial charge in [-0.1, -0.05) is 31.5 Å². The Morgan fingerprint density at radius 3 is 2.69 bits per heavy atom. The zero-order valence-electron chi connectivity index (χ0n) is 14.7. The highest BCUT2D eigenvalue weighted by Crippen LogP contribution is 2.24. The molecule has 1 fully saturated rings. The predicted octanol–water partition coefficient (Wildman–Crippen LogP) is 1.08. The van der Waals surface area contributed by atoms with Gasteiger partial charge in [0.05, 0.1) is 12.6 Å². The average Bonchev–Trinajstić information content (AvgIpc) is 2.92. The van der Waals surface area contributed by atoms with Gasteiger partial charge in [0, 0.05) is 17.3 Å². The molecule has 26 heavy (non-hydrogen) atoms. The summed E-state index contributed by atoms with van der Waals surface area (Å²) in [6.07, 6.45) is 0.497. The Hall–Kier alpha value is -1.83. The van der Waals surface area contributed by atoms with Gasteiger partial charge in [-0.15, -0.1) is 12.4 Å². The predicted molar refractivity (Wildman–Crippen MR) is 103 cm³/mol. The molecule has 0 spiro atoms. The Labute approximate surface area is 164 Å². The molecule has 2 atom stereocenters. The Bertz CT molecular complexity index is 669. The topological polar surface area (TPSA) is 105 Å². The highest BCUT2D eigenvalue weighted by atomic mass is 35.5. The van der Waals surface area contributed by atoms with Crippen LogP contribution in [-0.2, 0) is 14.4 Å². The molecule has 1 aliphatic rings. The molecule has 144 valence electrons. The van der Waals surface area contributed by atoms with Crippen molar-refractivity contribution in [3.8, 4) is 0 Å². The Morgan fingerprint density at radius 1 is 1.38 bits per heavy atom. The van der Waals surface area contributed by atoms with Crippen molar-refractivity contribution in [2.75, 3.05) is 18.0 Å². The summed E-state index contributed by atoms with van der Waals surface area (Å²) in [4.78, 5) is 37.8. The number of hydrogen-bond donors (Lipinski definition) is 3. The van der Waals surface area contributed by atoms with Crippen LogP contribution >= 0.6 is 24.0 Å². The first-order chi connectivity index (χ1) is 11.8. The summed E-state index contributed by atoms with van der Waals surface area (Å²) in [7, 11) is 0. The molecule has 0 radical (unpaired) electrons. The van der Waals surface area contributed by atoms with Crippen LogP contribution in [0, 0.1) is 5.92 Å². The van der Waals surface area contributed by atoms with Gasteiger partial charge < -0.3 is 21.3 Å². The quantitative estimate of drug-likeness (QED) is 0.661. The third-order valence-corrected chi connectivity index (χ3v) is 4.34. The van der Waals surface area contributed by atoms with Crippen molar-refractivity contribution in [3.05, 3.63) is 29.3 Å². The summed E-state index contributed by atoms with van der Waals surface area (Å²) >= 11 is 5.95. The van der Waals surface area contributed by atoms with Gasteiger partial charge in [0.25, 0.3) is 0 Å². The second-order valence-corrected chi connectivity index (χ2v) is 6.80. The number of carbonyl (C=O) groups is 3. The van der Waals surface area contributed by atoms with Crippen LogP contribution in [0.4, 0.5) is 5.69 Å². The summed E-state index contributed by atoms with van der Waals surface area (Å²) in [6, 6.07) is 5.72. The second-order valence-electron chi connectivity index (χ2n) is 6.37. The van der Waals surface area contributed by atoms with Crippen LogP contribution in [0.5, 0.6) is 0 Å². The van der Waals surface area contributed by atoms with Gasteiger partial charge in [-0.2, -0.15) is 0 Å². The number of rotatable bonds is 6. The van der Waals surface area contributed by atoms with Gasteiger partial charge in [0.2, 0.25) is 17.7 Å². The number of carbonyl (C=O) groups excluding carboxylic acids is 3. The second kappa shape index (κ2) is 9.75. The van der Waals surface area contributed by atoms with E-state index in [1.54, 1.807) is 29.2 Å². The molecule has 1 aliphatic heterocycles. The van der Waals surface area contributed by atoms with Crippen molar-refractivity contribution in [2.45, 2.75) is 32.4 Å². The SMILES string of the molecule is CC(C)[C@H](N)C(=O)NCC(=O)NC1CCN(c2cccc(Cl)c2)C1=O.Cl. The van der Waals surface area contributed by atoms with E-state index >= 15 is 0 Å². The van der Waals surface area contributed by atoms with Gasteiger partial charge in [0.1, 0.15) is 6.04 Å². The lowest BCUT2D eigenvalue weighted by molar-refractivity contribution is -0.128. The van der Waals surface area contributed by atoms with Crippen molar-refractivity contribution < 1.29 is 14.4 Å². The van der Waals surface area contributed by atoms with Crippen molar-refractivity contribution in [3.63, 3.8) is 0 Å².